The molecule has 0 amide bonds. The summed E-state index contributed by atoms with van der Waals surface area (Å²) in [6.07, 6.45) is -1.44. The molecule has 1 aromatic carbocycles. The monoisotopic (exact) mass is 346 g/mol. The van der Waals surface area contributed by atoms with Gasteiger partial charge < -0.3 is 4.57 Å². The van der Waals surface area contributed by atoms with Crippen molar-refractivity contribution in [3.63, 3.8) is 0 Å². The zero-order chi connectivity index (χ0) is 14.9. The Morgan fingerprint density at radius 3 is 2.70 bits per heavy atom. The summed E-state index contributed by atoms with van der Waals surface area (Å²) in [5.41, 5.74) is -0.917. The van der Waals surface area contributed by atoms with Gasteiger partial charge in [-0.05, 0) is 25.1 Å². The van der Waals surface area contributed by atoms with Gasteiger partial charge >= 0.3 is 6.18 Å². The van der Waals surface area contributed by atoms with Crippen LogP contribution in [-0.2, 0) is 12.7 Å². The van der Waals surface area contributed by atoms with Crippen molar-refractivity contribution in [1.29, 1.82) is 0 Å². The van der Waals surface area contributed by atoms with E-state index in [2.05, 4.69) is 20.9 Å². The number of nitrogens with zero attached hydrogens (tertiary/aromatic N) is 2. The van der Waals surface area contributed by atoms with Gasteiger partial charge in [-0.15, -0.1) is 0 Å². The first-order valence-corrected chi connectivity index (χ1v) is 6.56. The first kappa shape index (κ1) is 14.8. The van der Waals surface area contributed by atoms with Crippen molar-refractivity contribution in [1.82, 2.24) is 9.55 Å². The lowest BCUT2D eigenvalue weighted by Crippen LogP contribution is -2.13. The SMILES string of the molecule is CCn1ccnc1C(=O)c1cc(C(F)(F)F)ccc1Br. The van der Waals surface area contributed by atoms with Gasteiger partial charge in [0.25, 0.3) is 0 Å². The molecule has 0 aliphatic carbocycles. The van der Waals surface area contributed by atoms with Crippen LogP contribution in [0.5, 0.6) is 0 Å². The average molecular weight is 347 g/mol. The Balaban J connectivity index is 2.50. The maximum Gasteiger partial charge on any atom is 0.416 e. The molecular weight excluding hydrogens is 337 g/mol. The van der Waals surface area contributed by atoms with Gasteiger partial charge in [0.1, 0.15) is 0 Å². The van der Waals surface area contributed by atoms with E-state index in [0.29, 0.717) is 11.0 Å². The van der Waals surface area contributed by atoms with Gasteiger partial charge in [0.05, 0.1) is 5.56 Å². The average Bonchev–Trinajstić information content (AvgIpc) is 2.85. The van der Waals surface area contributed by atoms with Crippen LogP contribution >= 0.6 is 15.9 Å². The number of carbonyl (C=O) groups excluding carboxylic acids is 1. The van der Waals surface area contributed by atoms with Gasteiger partial charge in [-0.3, -0.25) is 4.79 Å². The number of aryl methyl sites for hydroxylation is 1. The molecule has 3 nitrogen and oxygen atoms in total. The lowest BCUT2D eigenvalue weighted by Gasteiger charge is -2.10. The van der Waals surface area contributed by atoms with Crippen LogP contribution in [0.4, 0.5) is 13.2 Å². The molecule has 0 atom stereocenters. The third-order valence-electron chi connectivity index (χ3n) is 2.80. The Kier molecular flexibility index (Phi) is 3.99. The number of rotatable bonds is 3. The molecule has 0 radical (unpaired) electrons. The van der Waals surface area contributed by atoms with E-state index in [9.17, 15) is 18.0 Å². The summed E-state index contributed by atoms with van der Waals surface area (Å²) < 4.78 is 40.0. The second kappa shape index (κ2) is 5.40. The minimum absolute atomic E-state index is 0.0549. The van der Waals surface area contributed by atoms with Gasteiger partial charge in [-0.25, -0.2) is 4.98 Å². The van der Waals surface area contributed by atoms with Crippen LogP contribution in [-0.4, -0.2) is 15.3 Å². The topological polar surface area (TPSA) is 34.9 Å². The number of halogens is 4. The predicted octanol–water partition coefficient (Wildman–Crippen LogP) is 3.92. The Labute approximate surface area is 121 Å². The molecule has 2 rings (SSSR count). The highest BCUT2D eigenvalue weighted by Gasteiger charge is 2.32. The minimum Gasteiger partial charge on any atom is -0.328 e. The standard InChI is InChI=1S/C13H10BrF3N2O/c1-2-19-6-5-18-12(19)11(20)9-7-8(13(15,16)17)3-4-10(9)14/h3-7H,2H2,1H3. The fourth-order valence-electron chi connectivity index (χ4n) is 1.77. The molecule has 0 unspecified atom stereocenters. The Hall–Kier alpha value is -1.63. The zero-order valence-corrected chi connectivity index (χ0v) is 12.0. The van der Waals surface area contributed by atoms with Crippen LogP contribution in [0, 0.1) is 0 Å². The van der Waals surface area contributed by atoms with E-state index < -0.39 is 17.5 Å². The first-order valence-electron chi connectivity index (χ1n) is 5.77. The van der Waals surface area contributed by atoms with Crippen molar-refractivity contribution in [2.45, 2.75) is 19.6 Å². The number of alkyl halides is 3. The Morgan fingerprint density at radius 2 is 2.10 bits per heavy atom. The van der Waals surface area contributed by atoms with Crippen LogP contribution < -0.4 is 0 Å². The summed E-state index contributed by atoms with van der Waals surface area (Å²) in [4.78, 5) is 16.2. The molecule has 0 saturated heterocycles. The van der Waals surface area contributed by atoms with E-state index in [1.165, 1.54) is 12.3 Å². The number of ketones is 1. The van der Waals surface area contributed by atoms with Crippen molar-refractivity contribution in [2.24, 2.45) is 0 Å². The van der Waals surface area contributed by atoms with E-state index in [1.807, 2.05) is 6.92 Å². The third-order valence-corrected chi connectivity index (χ3v) is 3.49. The number of hydrogen-bond donors (Lipinski definition) is 0. The molecular formula is C13H10BrF3N2O. The van der Waals surface area contributed by atoms with Crippen molar-refractivity contribution in [3.8, 4) is 0 Å². The highest BCUT2D eigenvalue weighted by atomic mass is 79.9. The van der Waals surface area contributed by atoms with E-state index in [0.717, 1.165) is 12.1 Å². The smallest absolute Gasteiger partial charge is 0.328 e. The minimum atomic E-state index is -4.49. The maximum atomic E-state index is 12.7. The third kappa shape index (κ3) is 2.77. The molecule has 0 spiro atoms. The number of aromatic nitrogens is 2. The molecule has 1 aromatic heterocycles. The van der Waals surface area contributed by atoms with Crippen LogP contribution in [0.1, 0.15) is 28.7 Å². The van der Waals surface area contributed by atoms with Gasteiger partial charge in [0, 0.05) is 29.0 Å². The predicted molar refractivity (Wildman–Crippen MR) is 70.5 cm³/mol. The number of imidazole rings is 1. The van der Waals surface area contributed by atoms with Crippen LogP contribution in [0.25, 0.3) is 0 Å². The van der Waals surface area contributed by atoms with Gasteiger partial charge in [0.15, 0.2) is 5.82 Å². The van der Waals surface area contributed by atoms with Gasteiger partial charge in [0.2, 0.25) is 5.78 Å². The molecule has 0 fully saturated rings. The van der Waals surface area contributed by atoms with E-state index in [1.54, 1.807) is 10.8 Å². The Bertz CT molecular complexity index is 649. The van der Waals surface area contributed by atoms with Crippen molar-refractivity contribution < 1.29 is 18.0 Å². The number of carbonyl (C=O) groups is 1. The van der Waals surface area contributed by atoms with E-state index in [-0.39, 0.29) is 11.4 Å². The maximum absolute atomic E-state index is 12.7. The summed E-state index contributed by atoms with van der Waals surface area (Å²) >= 11 is 3.10. The molecule has 20 heavy (non-hydrogen) atoms. The number of hydrogen-bond acceptors (Lipinski definition) is 2. The molecule has 2 aromatic rings. The molecule has 7 heteroatoms. The molecule has 0 N–H and O–H groups in total. The van der Waals surface area contributed by atoms with Crippen LogP contribution in [0.3, 0.4) is 0 Å². The van der Waals surface area contributed by atoms with Crippen molar-refractivity contribution in [2.75, 3.05) is 0 Å². The summed E-state index contributed by atoms with van der Waals surface area (Å²) in [6, 6.07) is 2.98. The summed E-state index contributed by atoms with van der Waals surface area (Å²) in [6.45, 7) is 2.33. The molecule has 0 saturated carbocycles. The second-order valence-electron chi connectivity index (χ2n) is 4.06. The molecule has 0 bridgehead atoms. The summed E-state index contributed by atoms with van der Waals surface area (Å²) in [7, 11) is 0. The highest BCUT2D eigenvalue weighted by molar-refractivity contribution is 9.10. The summed E-state index contributed by atoms with van der Waals surface area (Å²) in [5, 5.41) is 0. The second-order valence-corrected chi connectivity index (χ2v) is 4.91. The van der Waals surface area contributed by atoms with E-state index >= 15 is 0 Å². The first-order chi connectivity index (χ1) is 9.34. The largest absolute Gasteiger partial charge is 0.416 e. The van der Waals surface area contributed by atoms with Crippen LogP contribution in [0.2, 0.25) is 0 Å². The summed E-state index contributed by atoms with van der Waals surface area (Å²) in [5.74, 6) is -0.428. The fourth-order valence-corrected chi connectivity index (χ4v) is 2.20. The molecule has 0 aliphatic heterocycles. The lowest BCUT2D eigenvalue weighted by atomic mass is 10.1. The Morgan fingerprint density at radius 1 is 1.40 bits per heavy atom. The zero-order valence-electron chi connectivity index (χ0n) is 10.4. The fraction of sp³-hybridized carbons (Fsp3) is 0.231. The van der Waals surface area contributed by atoms with Crippen molar-refractivity contribution in [3.05, 3.63) is 52.0 Å². The quantitative estimate of drug-likeness (QED) is 0.789. The molecule has 106 valence electrons. The molecule has 1 heterocycles. The van der Waals surface area contributed by atoms with Crippen LogP contribution in [0.15, 0.2) is 35.1 Å². The van der Waals surface area contributed by atoms with Gasteiger partial charge in [-0.2, -0.15) is 13.2 Å². The van der Waals surface area contributed by atoms with Gasteiger partial charge in [-0.1, -0.05) is 15.9 Å². The highest BCUT2D eigenvalue weighted by Crippen LogP contribution is 2.32. The number of benzene rings is 1. The lowest BCUT2D eigenvalue weighted by molar-refractivity contribution is -0.137. The molecule has 0 aliphatic rings. The van der Waals surface area contributed by atoms with E-state index in [4.69, 9.17) is 0 Å². The normalized spacial score (nSPS) is 11.7. The van der Waals surface area contributed by atoms with Crippen molar-refractivity contribution >= 4 is 21.7 Å².